The summed E-state index contributed by atoms with van der Waals surface area (Å²) >= 11 is 1.85. The second-order valence-corrected chi connectivity index (χ2v) is 8.54. The maximum atomic E-state index is 12.7. The van der Waals surface area contributed by atoms with Gasteiger partial charge in [-0.1, -0.05) is 11.9 Å². The minimum absolute atomic E-state index is 0.397. The first kappa shape index (κ1) is 18.0. The van der Waals surface area contributed by atoms with Crippen LogP contribution in [0.25, 0.3) is 11.0 Å². The van der Waals surface area contributed by atoms with Gasteiger partial charge in [0.25, 0.3) is 0 Å². The smallest absolute Gasteiger partial charge is 0.241 e. The lowest BCUT2D eigenvalue weighted by Gasteiger charge is -2.42. The highest BCUT2D eigenvalue weighted by Gasteiger charge is 2.34. The number of nitrogens with zero attached hydrogens (tertiary/aromatic N) is 4. The number of aromatic amines is 1. The van der Waals surface area contributed by atoms with Crippen LogP contribution in [0.15, 0.2) is 18.6 Å². The molecule has 0 amide bonds. The van der Waals surface area contributed by atoms with Crippen molar-refractivity contribution >= 4 is 28.8 Å². The fraction of sp³-hybridized carbons (Fsp3) is 0.667. The predicted octanol–water partition coefficient (Wildman–Crippen LogP) is 3.80. The van der Waals surface area contributed by atoms with Gasteiger partial charge in [-0.25, -0.2) is 18.7 Å². The van der Waals surface area contributed by atoms with Crippen molar-refractivity contribution in [2.45, 2.75) is 38.2 Å². The van der Waals surface area contributed by atoms with E-state index in [0.717, 1.165) is 48.5 Å². The Balaban J connectivity index is 1.23. The zero-order chi connectivity index (χ0) is 18.1. The molecule has 142 valence electrons. The molecule has 0 unspecified atom stereocenters. The van der Waals surface area contributed by atoms with E-state index >= 15 is 0 Å². The third kappa shape index (κ3) is 3.67. The van der Waals surface area contributed by atoms with Crippen LogP contribution >= 0.6 is 11.9 Å². The lowest BCUT2D eigenvalue weighted by atomic mass is 9.81. The normalized spacial score (nSPS) is 24.9. The van der Waals surface area contributed by atoms with E-state index in [1.165, 1.54) is 0 Å². The van der Waals surface area contributed by atoms with Crippen LogP contribution < -0.4 is 4.90 Å². The van der Waals surface area contributed by atoms with E-state index in [9.17, 15) is 8.78 Å². The lowest BCUT2D eigenvalue weighted by Crippen LogP contribution is -2.44. The number of hydrogen-bond donors (Lipinski definition) is 1. The monoisotopic (exact) mass is 381 g/mol. The molecule has 0 bridgehead atoms. The average molecular weight is 381 g/mol. The summed E-state index contributed by atoms with van der Waals surface area (Å²) in [5.74, 6) is 2.38. The molecule has 0 radical (unpaired) electrons. The highest BCUT2D eigenvalue weighted by atomic mass is 32.2. The molecule has 3 heterocycles. The van der Waals surface area contributed by atoms with Gasteiger partial charge in [-0.3, -0.25) is 4.31 Å². The van der Waals surface area contributed by atoms with Crippen LogP contribution in [0.3, 0.4) is 0 Å². The topological polar surface area (TPSA) is 48.1 Å². The van der Waals surface area contributed by atoms with E-state index in [4.69, 9.17) is 0 Å². The van der Waals surface area contributed by atoms with Gasteiger partial charge in [-0.2, -0.15) is 0 Å². The molecule has 26 heavy (non-hydrogen) atoms. The Morgan fingerprint density at radius 2 is 2.08 bits per heavy atom. The van der Waals surface area contributed by atoms with Crippen molar-refractivity contribution in [2.24, 2.45) is 11.8 Å². The molecule has 1 aliphatic heterocycles. The Labute approximate surface area is 156 Å². The number of rotatable bonds is 6. The van der Waals surface area contributed by atoms with Crippen molar-refractivity contribution in [1.82, 2.24) is 19.3 Å². The summed E-state index contributed by atoms with van der Waals surface area (Å²) in [5, 5.41) is 1.06. The third-order valence-corrected chi connectivity index (χ3v) is 7.12. The Morgan fingerprint density at radius 3 is 2.81 bits per heavy atom. The van der Waals surface area contributed by atoms with Crippen LogP contribution in [-0.2, 0) is 0 Å². The molecule has 0 spiro atoms. The Morgan fingerprint density at radius 1 is 1.31 bits per heavy atom. The van der Waals surface area contributed by atoms with Gasteiger partial charge in [0.15, 0.2) is 0 Å². The lowest BCUT2D eigenvalue weighted by molar-refractivity contribution is 0.0504. The second kappa shape index (κ2) is 7.68. The van der Waals surface area contributed by atoms with E-state index in [2.05, 4.69) is 31.2 Å². The fourth-order valence-corrected chi connectivity index (χ4v) is 5.10. The van der Waals surface area contributed by atoms with Gasteiger partial charge in [0.2, 0.25) is 6.43 Å². The summed E-state index contributed by atoms with van der Waals surface area (Å²) < 4.78 is 27.7. The van der Waals surface area contributed by atoms with Crippen molar-refractivity contribution in [3.05, 3.63) is 18.6 Å². The number of alkyl halides is 2. The van der Waals surface area contributed by atoms with Crippen molar-refractivity contribution in [2.75, 3.05) is 30.8 Å². The first-order valence-electron chi connectivity index (χ1n) is 9.28. The van der Waals surface area contributed by atoms with Gasteiger partial charge in [-0.05, 0) is 37.7 Å². The summed E-state index contributed by atoms with van der Waals surface area (Å²) in [5.41, 5.74) is 0.875. The SMILES string of the molecule is CN(c1ncnc2[nH]ccc12)C1CC(CSN2CCC(C(F)F)CC2)C1. The van der Waals surface area contributed by atoms with Crippen molar-refractivity contribution in [3.63, 3.8) is 0 Å². The van der Waals surface area contributed by atoms with Gasteiger partial charge in [0, 0.05) is 44.0 Å². The fourth-order valence-electron chi connectivity index (χ4n) is 3.93. The van der Waals surface area contributed by atoms with Crippen molar-refractivity contribution in [1.29, 1.82) is 0 Å². The van der Waals surface area contributed by atoms with Crippen LogP contribution in [-0.4, -0.2) is 57.6 Å². The van der Waals surface area contributed by atoms with Crippen molar-refractivity contribution < 1.29 is 8.78 Å². The molecule has 1 saturated carbocycles. The molecule has 1 N–H and O–H groups in total. The van der Waals surface area contributed by atoms with Crippen LogP contribution in [0.4, 0.5) is 14.6 Å². The van der Waals surface area contributed by atoms with Crippen LogP contribution in [0, 0.1) is 11.8 Å². The Hall–Kier alpha value is -1.41. The number of piperidine rings is 1. The van der Waals surface area contributed by atoms with Gasteiger partial charge in [-0.15, -0.1) is 0 Å². The summed E-state index contributed by atoms with van der Waals surface area (Å²) in [7, 11) is 2.11. The van der Waals surface area contributed by atoms with Crippen LogP contribution in [0.1, 0.15) is 25.7 Å². The second-order valence-electron chi connectivity index (χ2n) is 7.44. The van der Waals surface area contributed by atoms with E-state index in [0.29, 0.717) is 24.8 Å². The molecule has 0 atom stereocenters. The molecule has 1 aliphatic carbocycles. The number of aromatic nitrogens is 3. The van der Waals surface area contributed by atoms with E-state index in [-0.39, 0.29) is 0 Å². The zero-order valence-electron chi connectivity index (χ0n) is 14.9. The minimum atomic E-state index is -2.15. The maximum absolute atomic E-state index is 12.7. The molecule has 2 fully saturated rings. The van der Waals surface area contributed by atoms with Gasteiger partial charge < -0.3 is 9.88 Å². The predicted molar refractivity (Wildman–Crippen MR) is 102 cm³/mol. The highest BCUT2D eigenvalue weighted by Crippen LogP contribution is 2.38. The Bertz CT molecular complexity index is 725. The van der Waals surface area contributed by atoms with E-state index in [1.54, 1.807) is 6.33 Å². The first-order valence-corrected chi connectivity index (χ1v) is 10.2. The molecule has 2 aromatic rings. The third-order valence-electron chi connectivity index (χ3n) is 5.77. The number of halogens is 2. The number of anilines is 1. The molecule has 4 rings (SSSR count). The summed E-state index contributed by atoms with van der Waals surface area (Å²) in [6, 6.07) is 2.54. The number of H-pyrrole nitrogens is 1. The van der Waals surface area contributed by atoms with Gasteiger partial charge >= 0.3 is 0 Å². The molecule has 8 heteroatoms. The minimum Gasteiger partial charge on any atom is -0.356 e. The van der Waals surface area contributed by atoms with Crippen molar-refractivity contribution in [3.8, 4) is 0 Å². The van der Waals surface area contributed by atoms with E-state index in [1.807, 2.05) is 24.2 Å². The number of hydrogen-bond acceptors (Lipinski definition) is 5. The summed E-state index contributed by atoms with van der Waals surface area (Å²) in [4.78, 5) is 14.1. The summed E-state index contributed by atoms with van der Waals surface area (Å²) in [6.45, 7) is 1.59. The summed E-state index contributed by atoms with van der Waals surface area (Å²) in [6.07, 6.45) is 4.92. The molecule has 2 aromatic heterocycles. The number of fused-ring (bicyclic) bond motifs is 1. The van der Waals surface area contributed by atoms with E-state index < -0.39 is 12.3 Å². The molecule has 5 nitrogen and oxygen atoms in total. The van der Waals surface area contributed by atoms with Crippen LogP contribution in [0.5, 0.6) is 0 Å². The quantitative estimate of drug-likeness (QED) is 0.772. The standard InChI is InChI=1S/C18H25F2N5S/c1-24(18-15-2-5-21-17(15)22-11-23-18)14-8-12(9-14)10-26-25-6-3-13(4-7-25)16(19)20/h2,5,11-14,16H,3-4,6-10H2,1H3,(H,21,22,23). The number of nitrogens with one attached hydrogen (secondary N) is 1. The molecule has 0 aromatic carbocycles. The first-order chi connectivity index (χ1) is 12.6. The van der Waals surface area contributed by atoms with Crippen LogP contribution in [0.2, 0.25) is 0 Å². The molecule has 2 aliphatic rings. The maximum Gasteiger partial charge on any atom is 0.241 e. The Kier molecular flexibility index (Phi) is 5.31. The van der Waals surface area contributed by atoms with Gasteiger partial charge in [0.05, 0.1) is 5.39 Å². The molecular weight excluding hydrogens is 356 g/mol. The largest absolute Gasteiger partial charge is 0.356 e. The highest BCUT2D eigenvalue weighted by molar-refractivity contribution is 7.97. The average Bonchev–Trinajstić information content (AvgIpc) is 3.09. The zero-order valence-corrected chi connectivity index (χ0v) is 15.8. The molecular formula is C18H25F2N5S. The molecule has 1 saturated heterocycles. The van der Waals surface area contributed by atoms with Gasteiger partial charge in [0.1, 0.15) is 17.8 Å².